The number of allylic oxidation sites excluding steroid dienone is 1. The van der Waals surface area contributed by atoms with Gasteiger partial charge >= 0.3 is 0 Å². The van der Waals surface area contributed by atoms with Crippen LogP contribution in [-0.4, -0.2) is 25.1 Å². The van der Waals surface area contributed by atoms with Gasteiger partial charge in [0, 0.05) is 12.3 Å². The molecule has 1 N–H and O–H groups in total. The van der Waals surface area contributed by atoms with E-state index in [4.69, 9.17) is 0 Å². The molecule has 0 unspecified atom stereocenters. The zero-order valence-corrected chi connectivity index (χ0v) is 7.71. The first-order chi connectivity index (χ1) is 4.91. The molecule has 0 rings (SSSR count). The molecule has 0 bridgehead atoms. The van der Waals surface area contributed by atoms with Gasteiger partial charge in [-0.25, -0.2) is 0 Å². The molecular formula is C8H17NS. The van der Waals surface area contributed by atoms with Gasteiger partial charge in [-0.15, -0.1) is 0 Å². The molecule has 0 saturated heterocycles. The van der Waals surface area contributed by atoms with Crippen LogP contribution in [0.1, 0.15) is 13.3 Å². The minimum Gasteiger partial charge on any atom is -0.316 e. The zero-order chi connectivity index (χ0) is 7.66. The van der Waals surface area contributed by atoms with Crippen molar-refractivity contribution in [2.75, 3.05) is 25.1 Å². The van der Waals surface area contributed by atoms with E-state index in [0.717, 1.165) is 19.5 Å². The molecule has 60 valence electrons. The average Bonchev–Trinajstić information content (AvgIpc) is 1.97. The van der Waals surface area contributed by atoms with Gasteiger partial charge in [-0.05, 0) is 26.1 Å². The van der Waals surface area contributed by atoms with Crippen LogP contribution in [0.3, 0.4) is 0 Å². The molecule has 0 aromatic rings. The summed E-state index contributed by atoms with van der Waals surface area (Å²) >= 11 is 1.88. The van der Waals surface area contributed by atoms with Crippen molar-refractivity contribution < 1.29 is 0 Å². The highest BCUT2D eigenvalue weighted by Crippen LogP contribution is 1.87. The fourth-order valence-corrected chi connectivity index (χ4v) is 1.000. The second kappa shape index (κ2) is 9.05. The Morgan fingerprint density at radius 2 is 2.20 bits per heavy atom. The first-order valence-corrected chi connectivity index (χ1v) is 5.12. The van der Waals surface area contributed by atoms with E-state index in [0.29, 0.717) is 0 Å². The third kappa shape index (κ3) is 8.05. The Kier molecular flexibility index (Phi) is 9.10. The van der Waals surface area contributed by atoms with E-state index in [1.807, 2.05) is 11.8 Å². The monoisotopic (exact) mass is 159 g/mol. The standard InChI is InChI=1S/C8H17NS/c1-3-4-5-6-9-7-8-10-2/h3-4,9H,5-8H2,1-2H3/b4-3+. The van der Waals surface area contributed by atoms with Gasteiger partial charge in [-0.2, -0.15) is 11.8 Å². The molecule has 0 amide bonds. The van der Waals surface area contributed by atoms with Gasteiger partial charge in [0.15, 0.2) is 0 Å². The van der Waals surface area contributed by atoms with Gasteiger partial charge < -0.3 is 5.32 Å². The zero-order valence-electron chi connectivity index (χ0n) is 6.89. The van der Waals surface area contributed by atoms with E-state index in [2.05, 4.69) is 30.6 Å². The van der Waals surface area contributed by atoms with E-state index in [-0.39, 0.29) is 0 Å². The van der Waals surface area contributed by atoms with Crippen LogP contribution in [0.5, 0.6) is 0 Å². The first kappa shape index (κ1) is 10.0. The summed E-state index contributed by atoms with van der Waals surface area (Å²) in [5.74, 6) is 1.22. The lowest BCUT2D eigenvalue weighted by molar-refractivity contribution is 0.731. The van der Waals surface area contributed by atoms with Crippen LogP contribution in [0.25, 0.3) is 0 Å². The number of hydrogen-bond acceptors (Lipinski definition) is 2. The lowest BCUT2D eigenvalue weighted by Gasteiger charge is -1.98. The normalized spacial score (nSPS) is 11.0. The number of hydrogen-bond donors (Lipinski definition) is 1. The van der Waals surface area contributed by atoms with Gasteiger partial charge in [0.1, 0.15) is 0 Å². The molecule has 0 saturated carbocycles. The van der Waals surface area contributed by atoms with Gasteiger partial charge in [-0.3, -0.25) is 0 Å². The third-order valence-electron chi connectivity index (χ3n) is 1.21. The Bertz CT molecular complexity index is 81.3. The van der Waals surface area contributed by atoms with Gasteiger partial charge in [-0.1, -0.05) is 12.2 Å². The summed E-state index contributed by atoms with van der Waals surface area (Å²) < 4.78 is 0. The van der Waals surface area contributed by atoms with Gasteiger partial charge in [0.05, 0.1) is 0 Å². The van der Waals surface area contributed by atoms with Crippen LogP contribution in [0.4, 0.5) is 0 Å². The minimum atomic E-state index is 1.12. The molecule has 0 aliphatic carbocycles. The van der Waals surface area contributed by atoms with Crippen molar-refractivity contribution in [1.29, 1.82) is 0 Å². The summed E-state index contributed by atoms with van der Waals surface area (Å²) in [7, 11) is 0. The Labute approximate surface area is 68.3 Å². The second-order valence-electron chi connectivity index (χ2n) is 2.10. The molecule has 0 aromatic heterocycles. The second-order valence-corrected chi connectivity index (χ2v) is 3.09. The summed E-state index contributed by atoms with van der Waals surface area (Å²) in [4.78, 5) is 0. The third-order valence-corrected chi connectivity index (χ3v) is 1.82. The molecule has 0 heterocycles. The van der Waals surface area contributed by atoms with Gasteiger partial charge in [0.2, 0.25) is 0 Å². The maximum absolute atomic E-state index is 3.35. The predicted octanol–water partition coefficient (Wildman–Crippen LogP) is 1.91. The molecule has 10 heavy (non-hydrogen) atoms. The SMILES string of the molecule is C/C=C/CCNCCSC. The molecule has 0 spiro atoms. The average molecular weight is 159 g/mol. The largest absolute Gasteiger partial charge is 0.316 e. The summed E-state index contributed by atoms with van der Waals surface area (Å²) in [6.07, 6.45) is 7.57. The highest BCUT2D eigenvalue weighted by atomic mass is 32.2. The quantitative estimate of drug-likeness (QED) is 0.469. The molecule has 0 atom stereocenters. The van der Waals surface area contributed by atoms with Crippen LogP contribution in [-0.2, 0) is 0 Å². The number of thioether (sulfide) groups is 1. The van der Waals surface area contributed by atoms with Crippen molar-refractivity contribution in [2.24, 2.45) is 0 Å². The summed E-state index contributed by atoms with van der Waals surface area (Å²) in [6, 6.07) is 0. The molecule has 0 aromatic carbocycles. The highest BCUT2D eigenvalue weighted by molar-refractivity contribution is 7.98. The predicted molar refractivity (Wildman–Crippen MR) is 50.7 cm³/mol. The van der Waals surface area contributed by atoms with Gasteiger partial charge in [0.25, 0.3) is 0 Å². The fourth-order valence-electron chi connectivity index (χ4n) is 0.651. The molecule has 1 nitrogen and oxygen atoms in total. The first-order valence-electron chi connectivity index (χ1n) is 3.72. The van der Waals surface area contributed by atoms with E-state index in [1.54, 1.807) is 0 Å². The Balaban J connectivity index is 2.77. The van der Waals surface area contributed by atoms with E-state index in [1.165, 1.54) is 5.75 Å². The maximum atomic E-state index is 3.35. The van der Waals surface area contributed by atoms with Crippen LogP contribution in [0.2, 0.25) is 0 Å². The summed E-state index contributed by atoms with van der Waals surface area (Å²) in [5, 5.41) is 3.35. The smallest absolute Gasteiger partial charge is 0.00553 e. The molecule has 0 radical (unpaired) electrons. The van der Waals surface area contributed by atoms with Crippen LogP contribution in [0.15, 0.2) is 12.2 Å². The summed E-state index contributed by atoms with van der Waals surface area (Å²) in [5.41, 5.74) is 0. The minimum absolute atomic E-state index is 1.12. The van der Waals surface area contributed by atoms with Crippen LogP contribution >= 0.6 is 11.8 Å². The van der Waals surface area contributed by atoms with E-state index < -0.39 is 0 Å². The van der Waals surface area contributed by atoms with Crippen LogP contribution in [0, 0.1) is 0 Å². The van der Waals surface area contributed by atoms with E-state index in [9.17, 15) is 0 Å². The number of rotatable bonds is 6. The Hall–Kier alpha value is 0.0500. The molecule has 0 fully saturated rings. The lowest BCUT2D eigenvalue weighted by atomic mass is 10.4. The Morgan fingerprint density at radius 1 is 1.40 bits per heavy atom. The van der Waals surface area contributed by atoms with Crippen molar-refractivity contribution in [2.45, 2.75) is 13.3 Å². The summed E-state index contributed by atoms with van der Waals surface area (Å²) in [6.45, 7) is 4.31. The van der Waals surface area contributed by atoms with Crippen LogP contribution < -0.4 is 5.32 Å². The van der Waals surface area contributed by atoms with Crippen molar-refractivity contribution in [3.8, 4) is 0 Å². The maximum Gasteiger partial charge on any atom is 0.00553 e. The van der Waals surface area contributed by atoms with Crippen molar-refractivity contribution in [1.82, 2.24) is 5.32 Å². The molecule has 0 aliphatic rings. The van der Waals surface area contributed by atoms with Crippen molar-refractivity contribution >= 4 is 11.8 Å². The molecule has 0 aliphatic heterocycles. The molecular weight excluding hydrogens is 142 g/mol. The fraction of sp³-hybridized carbons (Fsp3) is 0.750. The van der Waals surface area contributed by atoms with Crippen molar-refractivity contribution in [3.05, 3.63) is 12.2 Å². The van der Waals surface area contributed by atoms with E-state index >= 15 is 0 Å². The lowest BCUT2D eigenvalue weighted by Crippen LogP contribution is -2.17. The Morgan fingerprint density at radius 3 is 2.80 bits per heavy atom. The number of nitrogens with one attached hydrogen (secondary N) is 1. The van der Waals surface area contributed by atoms with Crippen molar-refractivity contribution in [3.63, 3.8) is 0 Å². The highest BCUT2D eigenvalue weighted by Gasteiger charge is 1.82. The topological polar surface area (TPSA) is 12.0 Å². The molecule has 2 heteroatoms.